The number of carbonyl (C=O) groups excluding carboxylic acids is 1. The van der Waals surface area contributed by atoms with Crippen LogP contribution < -0.4 is 0 Å². The molecular weight excluding hydrogens is 455 g/mol. The Morgan fingerprint density at radius 1 is 1.35 bits per heavy atom. The number of esters is 1. The van der Waals surface area contributed by atoms with Gasteiger partial charge in [0.1, 0.15) is 11.6 Å². The number of aromatic nitrogens is 8. The van der Waals surface area contributed by atoms with Crippen LogP contribution >= 0.6 is 23.2 Å². The summed E-state index contributed by atoms with van der Waals surface area (Å²) in [6.45, 7) is 5.00. The fourth-order valence-electron chi connectivity index (χ4n) is 3.31. The van der Waals surface area contributed by atoms with Gasteiger partial charge in [0.15, 0.2) is 35.5 Å². The summed E-state index contributed by atoms with van der Waals surface area (Å²) >= 11 is 12.1. The number of aliphatic hydroxyl groups is 1. The van der Waals surface area contributed by atoms with Gasteiger partial charge in [0.25, 0.3) is 0 Å². The Hall–Kier alpha value is -2.45. The van der Waals surface area contributed by atoms with Crippen molar-refractivity contribution in [3.8, 4) is 0 Å². The molecule has 15 heteroatoms. The van der Waals surface area contributed by atoms with E-state index in [9.17, 15) is 9.90 Å². The van der Waals surface area contributed by atoms with Crippen molar-refractivity contribution >= 4 is 40.3 Å². The molecule has 2 unspecified atom stereocenters. The quantitative estimate of drug-likeness (QED) is 0.237. The van der Waals surface area contributed by atoms with Crippen LogP contribution in [0, 0.1) is 0 Å². The van der Waals surface area contributed by atoms with Gasteiger partial charge in [-0.15, -0.1) is 10.2 Å². The Kier molecular flexibility index (Phi) is 6.03. The maximum atomic E-state index is 11.9. The van der Waals surface area contributed by atoms with Crippen molar-refractivity contribution in [3.05, 3.63) is 22.6 Å². The van der Waals surface area contributed by atoms with Crippen molar-refractivity contribution in [2.75, 3.05) is 0 Å². The summed E-state index contributed by atoms with van der Waals surface area (Å²) in [7, 11) is 0. The van der Waals surface area contributed by atoms with Gasteiger partial charge in [-0.25, -0.2) is 9.97 Å². The molecule has 0 aliphatic carbocycles. The van der Waals surface area contributed by atoms with Gasteiger partial charge in [0, 0.05) is 6.92 Å². The minimum Gasteiger partial charge on any atom is -0.455 e. The van der Waals surface area contributed by atoms with E-state index in [1.54, 1.807) is 0 Å². The first-order valence-electron chi connectivity index (χ1n) is 9.28. The second-order valence-electron chi connectivity index (χ2n) is 6.66. The van der Waals surface area contributed by atoms with E-state index in [1.165, 1.54) is 29.5 Å². The van der Waals surface area contributed by atoms with Crippen LogP contribution in [0.4, 0.5) is 0 Å². The van der Waals surface area contributed by atoms with Gasteiger partial charge in [-0.3, -0.25) is 9.36 Å². The summed E-state index contributed by atoms with van der Waals surface area (Å²) < 4.78 is 18.8. The van der Waals surface area contributed by atoms with E-state index in [4.69, 9.17) is 37.4 Å². The number of imidazole rings is 1. The predicted molar refractivity (Wildman–Crippen MR) is 104 cm³/mol. The van der Waals surface area contributed by atoms with E-state index >= 15 is 0 Å². The van der Waals surface area contributed by atoms with Crippen molar-refractivity contribution in [2.24, 2.45) is 0 Å². The molecule has 4 heterocycles. The molecule has 1 fully saturated rings. The van der Waals surface area contributed by atoms with Crippen molar-refractivity contribution in [3.63, 3.8) is 0 Å². The molecule has 0 amide bonds. The molecule has 31 heavy (non-hydrogen) atoms. The zero-order valence-electron chi connectivity index (χ0n) is 16.6. The number of tetrazole rings is 1. The smallest absolute Gasteiger partial charge is 0.303 e. The molecule has 1 saturated heterocycles. The van der Waals surface area contributed by atoms with Crippen LogP contribution in [0.1, 0.15) is 38.9 Å². The van der Waals surface area contributed by atoms with E-state index in [1.807, 2.05) is 6.92 Å². The highest BCUT2D eigenvalue weighted by Crippen LogP contribution is 2.42. The number of fused-ring (bicyclic) bond motifs is 1. The van der Waals surface area contributed by atoms with Crippen molar-refractivity contribution in [2.45, 2.75) is 58.1 Å². The van der Waals surface area contributed by atoms with Gasteiger partial charge in [-0.05, 0) is 30.7 Å². The Balaban J connectivity index is 1.81. The highest BCUT2D eigenvalue weighted by molar-refractivity contribution is 6.35. The Morgan fingerprint density at radius 3 is 2.77 bits per heavy atom. The second-order valence-corrected chi connectivity index (χ2v) is 7.36. The molecule has 1 aliphatic rings. The van der Waals surface area contributed by atoms with E-state index in [0.717, 1.165) is 0 Å². The van der Waals surface area contributed by atoms with E-state index in [2.05, 4.69) is 30.4 Å². The summed E-state index contributed by atoms with van der Waals surface area (Å²) in [6, 6.07) is 0. The van der Waals surface area contributed by atoms with Crippen LogP contribution in [0.15, 0.2) is 6.33 Å². The monoisotopic (exact) mass is 472 g/mol. The fourth-order valence-corrected chi connectivity index (χ4v) is 3.73. The summed E-state index contributed by atoms with van der Waals surface area (Å²) in [6.07, 6.45) is -3.67. The summed E-state index contributed by atoms with van der Waals surface area (Å²) in [5.41, 5.74) is 0.538. The largest absolute Gasteiger partial charge is 0.455 e. The van der Waals surface area contributed by atoms with Crippen molar-refractivity contribution in [1.82, 2.24) is 39.7 Å². The maximum Gasteiger partial charge on any atom is 0.303 e. The van der Waals surface area contributed by atoms with Crippen LogP contribution in [0.3, 0.4) is 0 Å². The van der Waals surface area contributed by atoms with E-state index < -0.39 is 36.8 Å². The van der Waals surface area contributed by atoms with Gasteiger partial charge in [-0.2, -0.15) is 9.78 Å². The van der Waals surface area contributed by atoms with Crippen LogP contribution in [0.2, 0.25) is 10.4 Å². The molecule has 0 aromatic carbocycles. The van der Waals surface area contributed by atoms with Gasteiger partial charge < -0.3 is 19.3 Å². The van der Waals surface area contributed by atoms with Crippen LogP contribution in [0.25, 0.3) is 11.2 Å². The van der Waals surface area contributed by atoms with Crippen LogP contribution in [-0.4, -0.2) is 69.3 Å². The molecular formula is C16H18Cl2N8O5. The normalized spacial score (nSPS) is 24.6. The number of aliphatic hydroxyl groups excluding tert-OH is 1. The van der Waals surface area contributed by atoms with Gasteiger partial charge >= 0.3 is 5.97 Å². The van der Waals surface area contributed by atoms with Gasteiger partial charge in [-0.1, -0.05) is 11.6 Å². The molecule has 13 nitrogen and oxygen atoms in total. The minimum absolute atomic E-state index is 0.0525. The molecule has 0 radical (unpaired) electrons. The standard InChI is InChI=1S/C16H18Cl2N8O5/c1-4-26-23-13(22-24-26)10-9(29-6(2)27)11(30-7(3)28)15(31-10)25-5-19-8-12(17)20-16(18)21-14(8)25/h5-6,9-11,15,27H,4H2,1-3H3/t6?,9-,10+,11-,15?/m1/s1. The lowest BCUT2D eigenvalue weighted by Gasteiger charge is -2.24. The summed E-state index contributed by atoms with van der Waals surface area (Å²) in [5, 5.41) is 22.1. The Bertz CT molecular complexity index is 1110. The lowest BCUT2D eigenvalue weighted by Crippen LogP contribution is -2.37. The average molecular weight is 473 g/mol. The van der Waals surface area contributed by atoms with E-state index in [0.29, 0.717) is 6.54 Å². The van der Waals surface area contributed by atoms with Gasteiger partial charge in [0.2, 0.25) is 11.1 Å². The minimum atomic E-state index is -1.19. The lowest BCUT2D eigenvalue weighted by molar-refractivity contribution is -0.178. The first-order chi connectivity index (χ1) is 14.8. The number of aryl methyl sites for hydroxylation is 1. The topological polar surface area (TPSA) is 152 Å². The number of halogens is 2. The molecule has 1 aliphatic heterocycles. The molecule has 5 atom stereocenters. The van der Waals surface area contributed by atoms with Crippen molar-refractivity contribution < 1.29 is 24.1 Å². The number of ether oxygens (including phenoxy) is 3. The predicted octanol–water partition coefficient (Wildman–Crippen LogP) is 1.06. The third-order valence-electron chi connectivity index (χ3n) is 4.48. The zero-order chi connectivity index (χ0) is 22.3. The van der Waals surface area contributed by atoms with Crippen LogP contribution in [0.5, 0.6) is 0 Å². The third-order valence-corrected chi connectivity index (χ3v) is 4.91. The number of hydrogen-bond donors (Lipinski definition) is 1. The highest BCUT2D eigenvalue weighted by Gasteiger charge is 2.52. The summed E-state index contributed by atoms with van der Waals surface area (Å²) in [5.74, 6) is -0.388. The summed E-state index contributed by atoms with van der Waals surface area (Å²) in [4.78, 5) is 25.5. The maximum absolute atomic E-state index is 11.9. The molecule has 0 bridgehead atoms. The molecule has 0 saturated carbocycles. The molecule has 1 N–H and O–H groups in total. The Morgan fingerprint density at radius 2 is 2.13 bits per heavy atom. The number of rotatable bonds is 6. The molecule has 3 aromatic rings. The third kappa shape index (κ3) is 4.19. The molecule has 166 valence electrons. The number of hydrogen-bond acceptors (Lipinski definition) is 11. The average Bonchev–Trinajstić information content (AvgIpc) is 3.39. The molecule has 0 spiro atoms. The Labute approximate surface area is 185 Å². The fraction of sp³-hybridized carbons (Fsp3) is 0.562. The SMILES string of the molecule is CCn1nnc([C@H]2OC(n3cnc4c(Cl)nc(Cl)nc43)[C@H](OC(C)=O)[C@@H]2OC(C)O)n1. The highest BCUT2D eigenvalue weighted by atomic mass is 35.5. The van der Waals surface area contributed by atoms with Gasteiger partial charge in [0.05, 0.1) is 12.9 Å². The van der Waals surface area contributed by atoms with E-state index in [-0.39, 0.29) is 27.4 Å². The first-order valence-corrected chi connectivity index (χ1v) is 10.0. The second kappa shape index (κ2) is 8.59. The first kappa shape index (κ1) is 21.8. The number of nitrogens with zero attached hydrogens (tertiary/aromatic N) is 8. The molecule has 4 rings (SSSR count). The zero-order valence-corrected chi connectivity index (χ0v) is 18.1. The lowest BCUT2D eigenvalue weighted by atomic mass is 10.1. The van der Waals surface area contributed by atoms with Crippen molar-refractivity contribution in [1.29, 1.82) is 0 Å². The molecule has 3 aromatic heterocycles. The van der Waals surface area contributed by atoms with Crippen LogP contribution in [-0.2, 0) is 25.5 Å². The number of carbonyl (C=O) groups is 1.